The van der Waals surface area contributed by atoms with Crippen LogP contribution in [0.3, 0.4) is 0 Å². The molecule has 4 rings (SSSR count). The Labute approximate surface area is 68.9 Å². The van der Waals surface area contributed by atoms with Gasteiger partial charge in [-0.1, -0.05) is 24.3 Å². The highest BCUT2D eigenvalue weighted by atomic mass is 16.1. The summed E-state index contributed by atoms with van der Waals surface area (Å²) in [5, 5.41) is 2.08. The van der Waals surface area contributed by atoms with Gasteiger partial charge in [0.15, 0.2) is 0 Å². The summed E-state index contributed by atoms with van der Waals surface area (Å²) in [7, 11) is 0. The highest BCUT2D eigenvalue weighted by molar-refractivity contribution is 6.21. The van der Waals surface area contributed by atoms with E-state index >= 15 is 0 Å². The minimum Gasteiger partial charge on any atom is -0.285 e. The Balaban J connectivity index is 2.57. The summed E-state index contributed by atoms with van der Waals surface area (Å²) in [6.07, 6.45) is 0. The molecule has 0 unspecified atom stereocenters. The Hall–Kier alpha value is -1.70. The molecule has 0 amide bonds. The molecule has 0 radical (unpaired) electrons. The number of benzene rings is 1. The van der Waals surface area contributed by atoms with E-state index in [9.17, 15) is 4.79 Å². The van der Waals surface area contributed by atoms with Gasteiger partial charge in [0.05, 0.1) is 0 Å². The van der Waals surface area contributed by atoms with Crippen LogP contribution in [0, 0.1) is 0 Å². The number of hydrogen-bond donors (Lipinski definition) is 0. The highest BCUT2D eigenvalue weighted by Crippen LogP contribution is 2.27. The molecule has 56 valence electrons. The van der Waals surface area contributed by atoms with Gasteiger partial charge in [0.1, 0.15) is 11.4 Å². The number of carbonyl (C=O) groups excluding carboxylic acids is 1. The summed E-state index contributed by atoms with van der Waals surface area (Å²) in [5.74, 6) is 0.0914. The summed E-state index contributed by atoms with van der Waals surface area (Å²) < 4.78 is 0. The molecule has 2 aromatic rings. The predicted octanol–water partition coefficient (Wildman–Crippen LogP) is 1.78. The Morgan fingerprint density at radius 3 is 2.83 bits per heavy atom. The topological polar surface area (TPSA) is 30.0 Å². The average molecular weight is 155 g/mol. The van der Waals surface area contributed by atoms with Crippen molar-refractivity contribution in [1.29, 1.82) is 0 Å². The second-order valence-corrected chi connectivity index (χ2v) is 2.91. The predicted molar refractivity (Wildman–Crippen MR) is 45.2 cm³/mol. The maximum absolute atomic E-state index is 11.2. The van der Waals surface area contributed by atoms with E-state index in [1.54, 1.807) is 0 Å². The van der Waals surface area contributed by atoms with Crippen molar-refractivity contribution < 1.29 is 4.79 Å². The van der Waals surface area contributed by atoms with Gasteiger partial charge in [-0.25, -0.2) is 4.98 Å². The van der Waals surface area contributed by atoms with Crippen molar-refractivity contribution >= 4 is 16.6 Å². The lowest BCUT2D eigenvalue weighted by molar-refractivity contribution is 0.101. The fraction of sp³-hybridized carbons (Fsp3) is 0. The molecule has 2 bridgehead atoms. The Kier molecular flexibility index (Phi) is 0.844. The van der Waals surface area contributed by atoms with Gasteiger partial charge in [-0.2, -0.15) is 0 Å². The van der Waals surface area contributed by atoms with Crippen LogP contribution in [0.2, 0.25) is 0 Å². The van der Waals surface area contributed by atoms with Crippen LogP contribution in [0.25, 0.3) is 10.8 Å². The van der Waals surface area contributed by atoms with Crippen LogP contribution in [0.4, 0.5) is 0 Å². The third-order valence-corrected chi connectivity index (χ3v) is 2.19. The first-order valence-electron chi connectivity index (χ1n) is 3.81. The van der Waals surface area contributed by atoms with Crippen LogP contribution >= 0.6 is 0 Å². The molecule has 0 saturated carbocycles. The van der Waals surface area contributed by atoms with Gasteiger partial charge < -0.3 is 0 Å². The van der Waals surface area contributed by atoms with Gasteiger partial charge in [-0.3, -0.25) is 4.79 Å². The number of nitrogens with zero attached hydrogens (tertiary/aromatic N) is 1. The second-order valence-electron chi connectivity index (χ2n) is 2.91. The van der Waals surface area contributed by atoms with E-state index in [1.807, 2.05) is 30.3 Å². The third-order valence-electron chi connectivity index (χ3n) is 2.19. The Bertz CT molecular complexity index is 502. The van der Waals surface area contributed by atoms with Crippen molar-refractivity contribution in [2.45, 2.75) is 0 Å². The monoisotopic (exact) mass is 155 g/mol. The lowest BCUT2D eigenvalue weighted by Gasteiger charge is -2.14. The van der Waals surface area contributed by atoms with Crippen molar-refractivity contribution in [2.24, 2.45) is 0 Å². The number of carbonyl (C=O) groups is 1. The molecular formula is C10H5NO. The third kappa shape index (κ3) is 0.515. The fourth-order valence-corrected chi connectivity index (χ4v) is 1.56. The molecule has 0 N–H and O–H groups in total. The molecule has 2 heterocycles. The first-order chi connectivity index (χ1) is 5.86. The molecule has 1 aromatic heterocycles. The van der Waals surface area contributed by atoms with Gasteiger partial charge >= 0.3 is 0 Å². The number of pyridine rings is 1. The summed E-state index contributed by atoms with van der Waals surface area (Å²) in [6.45, 7) is 0. The molecule has 2 aliphatic rings. The van der Waals surface area contributed by atoms with Crippen molar-refractivity contribution in [1.82, 2.24) is 4.98 Å². The molecule has 1 aromatic carbocycles. The van der Waals surface area contributed by atoms with E-state index in [0.717, 1.165) is 10.8 Å². The van der Waals surface area contributed by atoms with Gasteiger partial charge in [-0.15, -0.1) is 0 Å². The lowest BCUT2D eigenvalue weighted by atomic mass is 9.97. The zero-order valence-electron chi connectivity index (χ0n) is 6.24. The van der Waals surface area contributed by atoms with Crippen LogP contribution in [0.15, 0.2) is 30.3 Å². The standard InChI is InChI=1S/C10H5NO/c12-10-8-5-6-3-1-2-4-7(6)9(10)11-8/h1-5H. The molecule has 2 heteroatoms. The molecule has 0 fully saturated rings. The van der Waals surface area contributed by atoms with Crippen molar-refractivity contribution in [3.63, 3.8) is 0 Å². The summed E-state index contributed by atoms with van der Waals surface area (Å²) in [4.78, 5) is 15.3. The fourth-order valence-electron chi connectivity index (χ4n) is 1.56. The Morgan fingerprint density at radius 2 is 2.00 bits per heavy atom. The van der Waals surface area contributed by atoms with E-state index in [-0.39, 0.29) is 5.78 Å². The zero-order chi connectivity index (χ0) is 8.13. The molecule has 2 nitrogen and oxygen atoms in total. The van der Waals surface area contributed by atoms with Crippen molar-refractivity contribution in [3.05, 3.63) is 41.7 Å². The van der Waals surface area contributed by atoms with E-state index in [2.05, 4.69) is 4.98 Å². The second kappa shape index (κ2) is 1.72. The Morgan fingerprint density at radius 1 is 1.17 bits per heavy atom. The zero-order valence-corrected chi connectivity index (χ0v) is 6.24. The quantitative estimate of drug-likeness (QED) is 0.495. The molecule has 0 atom stereocenters. The largest absolute Gasteiger partial charge is 0.285 e. The van der Waals surface area contributed by atoms with Crippen molar-refractivity contribution in [2.75, 3.05) is 0 Å². The van der Waals surface area contributed by atoms with E-state index in [4.69, 9.17) is 0 Å². The van der Waals surface area contributed by atoms with Gasteiger partial charge in [0, 0.05) is 5.39 Å². The SMILES string of the molecule is O=C1c2cc3ccccc3c1n2. The smallest absolute Gasteiger partial charge is 0.230 e. The minimum atomic E-state index is 0.0914. The van der Waals surface area contributed by atoms with E-state index in [0.29, 0.717) is 11.4 Å². The summed E-state index contributed by atoms with van der Waals surface area (Å²) in [6, 6.07) is 9.65. The van der Waals surface area contributed by atoms with Crippen LogP contribution in [-0.2, 0) is 0 Å². The van der Waals surface area contributed by atoms with Crippen LogP contribution in [0.5, 0.6) is 0 Å². The molecule has 1 aliphatic heterocycles. The molecule has 0 spiro atoms. The molecule has 0 saturated heterocycles. The summed E-state index contributed by atoms with van der Waals surface area (Å²) in [5.41, 5.74) is 1.23. The van der Waals surface area contributed by atoms with E-state index < -0.39 is 0 Å². The first-order valence-corrected chi connectivity index (χ1v) is 3.81. The maximum atomic E-state index is 11.2. The normalized spacial score (nSPS) is 13.2. The van der Waals surface area contributed by atoms with Crippen molar-refractivity contribution in [3.8, 4) is 0 Å². The number of ketones is 1. The lowest BCUT2D eigenvalue weighted by Crippen LogP contribution is -2.18. The highest BCUT2D eigenvalue weighted by Gasteiger charge is 2.25. The summed E-state index contributed by atoms with van der Waals surface area (Å²) >= 11 is 0. The maximum Gasteiger partial charge on any atom is 0.230 e. The van der Waals surface area contributed by atoms with Gasteiger partial charge in [-0.05, 0) is 11.5 Å². The number of hydrogen-bond acceptors (Lipinski definition) is 2. The van der Waals surface area contributed by atoms with Gasteiger partial charge in [0.2, 0.25) is 5.78 Å². The molecule has 1 aliphatic carbocycles. The first kappa shape index (κ1) is 5.89. The van der Waals surface area contributed by atoms with Gasteiger partial charge in [0.25, 0.3) is 0 Å². The molecular weight excluding hydrogens is 150 g/mol. The van der Waals surface area contributed by atoms with Crippen LogP contribution in [0.1, 0.15) is 16.2 Å². The number of aromatic nitrogens is 1. The van der Waals surface area contributed by atoms with E-state index in [1.165, 1.54) is 0 Å². The number of rotatable bonds is 0. The van der Waals surface area contributed by atoms with Crippen LogP contribution < -0.4 is 0 Å². The average Bonchev–Trinajstić information content (AvgIpc) is 2.16. The van der Waals surface area contributed by atoms with Crippen LogP contribution in [-0.4, -0.2) is 10.8 Å². The minimum absolute atomic E-state index is 0.0914. The molecule has 12 heavy (non-hydrogen) atoms.